The normalized spacial score (nSPS) is 12.8. The Labute approximate surface area is 369 Å². The maximum Gasteiger partial charge on any atom is -0.0411 e. The first-order valence-electron chi connectivity index (χ1n) is 25.8. The lowest BCUT2D eigenvalue weighted by Gasteiger charge is -2.18. The third kappa shape index (κ3) is 243. The van der Waals surface area contributed by atoms with Crippen LogP contribution >= 0.6 is 0 Å². The number of hydrogen-bond donors (Lipinski definition) is 0. The summed E-state index contributed by atoms with van der Waals surface area (Å²) in [4.78, 5) is 0. The quantitative estimate of drug-likeness (QED) is 0.214. The summed E-state index contributed by atoms with van der Waals surface area (Å²) in [6.07, 6.45) is 30.9. The zero-order valence-electron chi connectivity index (χ0n) is 45.9. The summed E-state index contributed by atoms with van der Waals surface area (Å²) in [5, 5.41) is 0. The van der Waals surface area contributed by atoms with Crippen LogP contribution in [0.5, 0.6) is 0 Å². The molecule has 0 aromatic heterocycles. The second kappa shape index (κ2) is 86.7. The molecule has 358 valence electrons. The molecule has 0 bridgehead atoms. The zero-order valence-corrected chi connectivity index (χ0v) is 45.9. The van der Waals surface area contributed by atoms with Crippen molar-refractivity contribution < 1.29 is 0 Å². The molecule has 0 nitrogen and oxygen atoms in total. The summed E-state index contributed by atoms with van der Waals surface area (Å²) in [6.45, 7) is 58.6. The number of unbranched alkanes of at least 4 members (excludes halogenated alkanes) is 7. The van der Waals surface area contributed by atoms with Crippen molar-refractivity contribution in [2.75, 3.05) is 0 Å². The largest absolute Gasteiger partial charge is 0.0776 e. The van der Waals surface area contributed by atoms with Crippen molar-refractivity contribution in [2.24, 2.45) is 35.0 Å². The van der Waals surface area contributed by atoms with Crippen molar-refractivity contribution in [3.63, 3.8) is 0 Å². The van der Waals surface area contributed by atoms with Crippen molar-refractivity contribution in [1.82, 2.24) is 0 Å². The van der Waals surface area contributed by atoms with Gasteiger partial charge in [-0.2, -0.15) is 0 Å². The number of rotatable bonds is 8. The Bertz CT molecular complexity index is 416. The van der Waals surface area contributed by atoms with Gasteiger partial charge in [-0.25, -0.2) is 0 Å². The SMILES string of the molecule is C.CC.CC.CC(C)(C)C.CC(C)C.CC1CC1.CC1CCC1.CC1CCCC1.CCC.CCC.CCC(C)C.CCCC.CCCCC.CCCCCCC. The van der Waals surface area contributed by atoms with Gasteiger partial charge in [0.25, 0.3) is 0 Å². The Morgan fingerprint density at radius 1 is 0.393 bits per heavy atom. The van der Waals surface area contributed by atoms with Crippen LogP contribution in [0.2, 0.25) is 0 Å². The van der Waals surface area contributed by atoms with E-state index >= 15 is 0 Å². The smallest absolute Gasteiger partial charge is 0.0411 e. The van der Waals surface area contributed by atoms with E-state index < -0.39 is 0 Å². The van der Waals surface area contributed by atoms with Crippen molar-refractivity contribution >= 4 is 0 Å². The fourth-order valence-electron chi connectivity index (χ4n) is 2.94. The summed E-state index contributed by atoms with van der Waals surface area (Å²) in [6, 6.07) is 0. The van der Waals surface area contributed by atoms with Crippen molar-refractivity contribution in [3.8, 4) is 0 Å². The average molecular weight is 808 g/mol. The molecule has 56 heavy (non-hydrogen) atoms. The van der Waals surface area contributed by atoms with Crippen LogP contribution in [-0.4, -0.2) is 0 Å². The van der Waals surface area contributed by atoms with E-state index in [1.807, 2.05) is 27.7 Å². The van der Waals surface area contributed by atoms with Gasteiger partial charge in [-0.05, 0) is 35.0 Å². The van der Waals surface area contributed by atoms with E-state index in [0.717, 1.165) is 29.6 Å². The van der Waals surface area contributed by atoms with Crippen LogP contribution in [0.25, 0.3) is 0 Å². The lowest BCUT2D eigenvalue weighted by atomic mass is 9.88. The van der Waals surface area contributed by atoms with Gasteiger partial charge in [-0.1, -0.05) is 336 Å². The van der Waals surface area contributed by atoms with E-state index in [4.69, 9.17) is 0 Å². The van der Waals surface area contributed by atoms with Crippen LogP contribution in [-0.2, 0) is 0 Å². The molecule has 0 spiro atoms. The van der Waals surface area contributed by atoms with Gasteiger partial charge in [0, 0.05) is 0 Å². The summed E-state index contributed by atoms with van der Waals surface area (Å²) in [5.74, 6) is 4.91. The van der Waals surface area contributed by atoms with Gasteiger partial charge in [0.15, 0.2) is 0 Å². The maximum atomic E-state index is 2.34. The highest BCUT2D eigenvalue weighted by molar-refractivity contribution is 4.65. The second-order valence-electron chi connectivity index (χ2n) is 18.5. The number of hydrogen-bond acceptors (Lipinski definition) is 0. The third-order valence-electron chi connectivity index (χ3n) is 7.13. The van der Waals surface area contributed by atoms with Gasteiger partial charge in [0.2, 0.25) is 0 Å². The fourth-order valence-corrected chi connectivity index (χ4v) is 2.94. The molecule has 3 rings (SSSR count). The predicted molar refractivity (Wildman–Crippen MR) is 281 cm³/mol. The highest BCUT2D eigenvalue weighted by Gasteiger charge is 2.12. The van der Waals surface area contributed by atoms with Gasteiger partial charge >= 0.3 is 0 Å². The molecular formula is C56H134. The van der Waals surface area contributed by atoms with Crippen LogP contribution in [0.4, 0.5) is 0 Å². The molecule has 0 saturated heterocycles. The van der Waals surface area contributed by atoms with E-state index in [1.165, 1.54) is 141 Å². The lowest BCUT2D eigenvalue weighted by Crippen LogP contribution is -2.04. The van der Waals surface area contributed by atoms with Gasteiger partial charge in [-0.3, -0.25) is 0 Å². The summed E-state index contributed by atoms with van der Waals surface area (Å²) in [7, 11) is 0. The standard InChI is InChI=1S/C7H16.C6H12.C5H10.3C5H12.C4H8.2C4H10.2C3H8.2C2H6.CH4/c1-3-5-7-6-4-2;1-6-4-2-3-5-6;1-5-3-2-4-5;1-5(2,3)4;1-4-5(2)3;1-3-5-4-2;1-4-2-3-4;1-4(2)3;1-3-4-2;2*1-3-2;2*1-2;/h3-7H2,1-2H3;6H,2-5H2,1H3;5H,2-4H2,1H3;1-4H3;5H,4H2,1-3H3;3-5H2,1-2H3;4H,2-3H2,1H3;4H,1-3H3;3-4H2,1-2H3;2*3H2,1-2H3;2*1-2H3;1H4. The van der Waals surface area contributed by atoms with Gasteiger partial charge in [-0.15, -0.1) is 0 Å². The molecule has 0 N–H and O–H groups in total. The average Bonchev–Trinajstić information content (AvgIpc) is 3.75. The molecular weight excluding hydrogens is 673 g/mol. The molecule has 3 saturated carbocycles. The van der Waals surface area contributed by atoms with Crippen LogP contribution in [0.1, 0.15) is 336 Å². The van der Waals surface area contributed by atoms with E-state index in [1.54, 1.807) is 0 Å². The van der Waals surface area contributed by atoms with Crippen molar-refractivity contribution in [1.29, 1.82) is 0 Å². The van der Waals surface area contributed by atoms with Crippen LogP contribution in [0, 0.1) is 35.0 Å². The summed E-state index contributed by atoms with van der Waals surface area (Å²) in [5.41, 5.74) is 0.500. The highest BCUT2D eigenvalue weighted by Crippen LogP contribution is 2.26. The molecule has 0 unspecified atom stereocenters. The summed E-state index contributed by atoms with van der Waals surface area (Å²) >= 11 is 0. The molecule has 0 radical (unpaired) electrons. The second-order valence-corrected chi connectivity index (χ2v) is 18.5. The van der Waals surface area contributed by atoms with Gasteiger partial charge in [0.05, 0.1) is 0 Å². The minimum absolute atomic E-state index is 0. The first-order valence-corrected chi connectivity index (χ1v) is 25.8. The molecule has 0 heterocycles. The van der Waals surface area contributed by atoms with Crippen LogP contribution in [0.3, 0.4) is 0 Å². The van der Waals surface area contributed by atoms with E-state index in [2.05, 4.69) is 159 Å². The Kier molecular flexibility index (Phi) is 130. The fraction of sp³-hybridized carbons (Fsp3) is 1.00. The molecule has 0 atom stereocenters. The molecule has 0 heteroatoms. The van der Waals surface area contributed by atoms with E-state index in [9.17, 15) is 0 Å². The minimum atomic E-state index is 0. The van der Waals surface area contributed by atoms with E-state index in [-0.39, 0.29) is 7.43 Å². The van der Waals surface area contributed by atoms with Crippen LogP contribution in [0.15, 0.2) is 0 Å². The Hall–Kier alpha value is 0. The first kappa shape index (κ1) is 83.7. The van der Waals surface area contributed by atoms with Crippen LogP contribution < -0.4 is 0 Å². The highest BCUT2D eigenvalue weighted by atomic mass is 14.2. The van der Waals surface area contributed by atoms with E-state index in [0.29, 0.717) is 5.41 Å². The molecule has 0 aromatic rings. The molecule has 0 aromatic carbocycles. The van der Waals surface area contributed by atoms with Gasteiger partial charge < -0.3 is 0 Å². The Balaban J connectivity index is -0.0000000440. The maximum absolute atomic E-state index is 2.34. The molecule has 3 aliphatic rings. The molecule has 0 amide bonds. The minimum Gasteiger partial charge on any atom is -0.0776 e. The zero-order chi connectivity index (χ0) is 45.9. The Morgan fingerprint density at radius 3 is 0.643 bits per heavy atom. The molecule has 3 fully saturated rings. The third-order valence-corrected chi connectivity index (χ3v) is 7.13. The lowest BCUT2D eigenvalue weighted by molar-refractivity contribution is 0.346. The monoisotopic (exact) mass is 807 g/mol. The predicted octanol–water partition coefficient (Wildman–Crippen LogP) is 23.7. The molecule has 0 aliphatic heterocycles. The topological polar surface area (TPSA) is 0 Å². The molecule has 3 aliphatic carbocycles. The van der Waals surface area contributed by atoms with Crippen molar-refractivity contribution in [2.45, 2.75) is 336 Å². The summed E-state index contributed by atoms with van der Waals surface area (Å²) < 4.78 is 0. The van der Waals surface area contributed by atoms with Crippen molar-refractivity contribution in [3.05, 3.63) is 0 Å². The first-order chi connectivity index (χ1) is 25.8. The van der Waals surface area contributed by atoms with Gasteiger partial charge in [0.1, 0.15) is 0 Å². The Morgan fingerprint density at radius 2 is 0.589 bits per heavy atom.